The van der Waals surface area contributed by atoms with Crippen molar-refractivity contribution in [2.45, 2.75) is 38.5 Å². The third-order valence-electron chi connectivity index (χ3n) is 2.40. The van der Waals surface area contributed by atoms with E-state index in [4.69, 9.17) is 16.3 Å². The molecule has 0 aromatic carbocycles. The molecule has 0 amide bonds. The summed E-state index contributed by atoms with van der Waals surface area (Å²) in [5.74, 6) is 1.30. The van der Waals surface area contributed by atoms with E-state index < -0.39 is 0 Å². The number of ether oxygens (including phenoxy) is 1. The second-order valence-corrected chi connectivity index (χ2v) is 4.68. The molecule has 0 aliphatic carbocycles. The highest BCUT2D eigenvalue weighted by Crippen LogP contribution is 2.25. The summed E-state index contributed by atoms with van der Waals surface area (Å²) in [6, 6.07) is 0. The maximum Gasteiger partial charge on any atom is 0.0508 e. The minimum Gasteiger partial charge on any atom is -0.381 e. The van der Waals surface area contributed by atoms with Crippen molar-refractivity contribution in [2.75, 3.05) is 13.2 Å². The van der Waals surface area contributed by atoms with E-state index in [2.05, 4.69) is 13.8 Å². The van der Waals surface area contributed by atoms with Crippen LogP contribution in [0.15, 0.2) is 0 Å². The van der Waals surface area contributed by atoms with Gasteiger partial charge in [0, 0.05) is 12.0 Å². The first-order valence-electron chi connectivity index (χ1n) is 4.92. The van der Waals surface area contributed by atoms with Gasteiger partial charge in [0.15, 0.2) is 0 Å². The molecule has 2 atom stereocenters. The minimum absolute atomic E-state index is 0.324. The predicted octanol–water partition coefficient (Wildman–Crippen LogP) is 3.07. The van der Waals surface area contributed by atoms with Gasteiger partial charge in [0.2, 0.25) is 0 Å². The Morgan fingerprint density at radius 2 is 2.25 bits per heavy atom. The summed E-state index contributed by atoms with van der Waals surface area (Å²) in [4.78, 5) is 0. The molecule has 1 fully saturated rings. The van der Waals surface area contributed by atoms with Crippen molar-refractivity contribution in [1.29, 1.82) is 0 Å². The highest BCUT2D eigenvalue weighted by Gasteiger charge is 2.22. The summed E-state index contributed by atoms with van der Waals surface area (Å²) in [6.45, 7) is 6.25. The fourth-order valence-corrected chi connectivity index (χ4v) is 2.25. The van der Waals surface area contributed by atoms with Gasteiger partial charge in [0.1, 0.15) is 0 Å². The fourth-order valence-electron chi connectivity index (χ4n) is 1.69. The van der Waals surface area contributed by atoms with Gasteiger partial charge >= 0.3 is 0 Å². The van der Waals surface area contributed by atoms with Crippen LogP contribution in [-0.2, 0) is 4.74 Å². The molecular formula is C10H19ClO. The van der Waals surface area contributed by atoms with Crippen molar-refractivity contribution in [3.63, 3.8) is 0 Å². The summed E-state index contributed by atoms with van der Waals surface area (Å²) in [7, 11) is 0. The van der Waals surface area contributed by atoms with Crippen LogP contribution in [0, 0.1) is 11.8 Å². The van der Waals surface area contributed by atoms with E-state index in [1.54, 1.807) is 0 Å². The summed E-state index contributed by atoms with van der Waals surface area (Å²) in [5, 5.41) is 0.324. The van der Waals surface area contributed by atoms with E-state index >= 15 is 0 Å². The number of rotatable bonds is 3. The molecule has 0 saturated carbocycles. The third kappa shape index (κ3) is 3.32. The molecule has 1 rings (SSSR count). The van der Waals surface area contributed by atoms with Crippen molar-refractivity contribution in [3.05, 3.63) is 0 Å². The second-order valence-electron chi connectivity index (χ2n) is 4.12. The van der Waals surface area contributed by atoms with E-state index in [9.17, 15) is 0 Å². The summed E-state index contributed by atoms with van der Waals surface area (Å²) < 4.78 is 5.40. The van der Waals surface area contributed by atoms with Crippen molar-refractivity contribution in [3.8, 4) is 0 Å². The Morgan fingerprint density at radius 3 is 2.75 bits per heavy atom. The zero-order valence-electron chi connectivity index (χ0n) is 8.05. The van der Waals surface area contributed by atoms with Crippen LogP contribution in [-0.4, -0.2) is 18.6 Å². The monoisotopic (exact) mass is 190 g/mol. The number of hydrogen-bond donors (Lipinski definition) is 0. The third-order valence-corrected chi connectivity index (χ3v) is 2.94. The van der Waals surface area contributed by atoms with Gasteiger partial charge in [-0.1, -0.05) is 13.8 Å². The Bertz CT molecular complexity index is 119. The molecule has 1 heterocycles. The van der Waals surface area contributed by atoms with Crippen molar-refractivity contribution in [1.82, 2.24) is 0 Å². The Morgan fingerprint density at radius 1 is 1.50 bits per heavy atom. The maximum atomic E-state index is 6.27. The quantitative estimate of drug-likeness (QED) is 0.622. The van der Waals surface area contributed by atoms with Crippen molar-refractivity contribution < 1.29 is 4.74 Å². The largest absolute Gasteiger partial charge is 0.381 e. The van der Waals surface area contributed by atoms with Crippen LogP contribution < -0.4 is 0 Å². The average molecular weight is 191 g/mol. The number of hydrogen-bond acceptors (Lipinski definition) is 1. The first-order valence-corrected chi connectivity index (χ1v) is 5.35. The molecule has 0 bridgehead atoms. The molecule has 0 radical (unpaired) electrons. The summed E-state index contributed by atoms with van der Waals surface area (Å²) in [6.07, 6.45) is 3.56. The molecular weight excluding hydrogens is 172 g/mol. The molecule has 0 aromatic heterocycles. The SMILES string of the molecule is CC(C)CC(Cl)C1CCCOC1. The van der Waals surface area contributed by atoms with Gasteiger partial charge in [0.05, 0.1) is 6.61 Å². The van der Waals surface area contributed by atoms with Crippen LogP contribution >= 0.6 is 11.6 Å². The van der Waals surface area contributed by atoms with Gasteiger partial charge in [-0.15, -0.1) is 11.6 Å². The maximum absolute atomic E-state index is 6.27. The Balaban J connectivity index is 2.24. The smallest absolute Gasteiger partial charge is 0.0508 e. The molecule has 0 spiro atoms. The van der Waals surface area contributed by atoms with E-state index in [0.717, 1.165) is 19.6 Å². The lowest BCUT2D eigenvalue weighted by Crippen LogP contribution is -2.26. The van der Waals surface area contributed by atoms with Gasteiger partial charge in [-0.2, -0.15) is 0 Å². The van der Waals surface area contributed by atoms with E-state index in [1.165, 1.54) is 12.8 Å². The van der Waals surface area contributed by atoms with Crippen LogP contribution in [0.3, 0.4) is 0 Å². The van der Waals surface area contributed by atoms with E-state index in [1.807, 2.05) is 0 Å². The molecule has 1 aliphatic rings. The molecule has 0 aromatic rings. The predicted molar refractivity (Wildman–Crippen MR) is 52.6 cm³/mol. The molecule has 2 heteroatoms. The van der Waals surface area contributed by atoms with Crippen molar-refractivity contribution in [2.24, 2.45) is 11.8 Å². The van der Waals surface area contributed by atoms with Gasteiger partial charge < -0.3 is 4.74 Å². The lowest BCUT2D eigenvalue weighted by Gasteiger charge is -2.27. The Hall–Kier alpha value is 0.250. The van der Waals surface area contributed by atoms with Gasteiger partial charge in [-0.25, -0.2) is 0 Å². The van der Waals surface area contributed by atoms with Gasteiger partial charge in [-0.3, -0.25) is 0 Å². The normalized spacial score (nSPS) is 27.5. The molecule has 0 N–H and O–H groups in total. The first-order chi connectivity index (χ1) is 5.70. The van der Waals surface area contributed by atoms with Crippen LogP contribution in [0.25, 0.3) is 0 Å². The molecule has 1 nitrogen and oxygen atoms in total. The average Bonchev–Trinajstić information content (AvgIpc) is 2.05. The highest BCUT2D eigenvalue weighted by atomic mass is 35.5. The summed E-state index contributed by atoms with van der Waals surface area (Å²) >= 11 is 6.27. The van der Waals surface area contributed by atoms with Gasteiger partial charge in [-0.05, 0) is 31.1 Å². The standard InChI is InChI=1S/C10H19ClO/c1-8(2)6-10(11)9-4-3-5-12-7-9/h8-10H,3-7H2,1-2H3. The minimum atomic E-state index is 0.324. The zero-order valence-corrected chi connectivity index (χ0v) is 8.81. The molecule has 72 valence electrons. The van der Waals surface area contributed by atoms with Crippen molar-refractivity contribution >= 4 is 11.6 Å². The lowest BCUT2D eigenvalue weighted by atomic mass is 9.93. The molecule has 2 unspecified atom stereocenters. The summed E-state index contributed by atoms with van der Waals surface area (Å²) in [5.41, 5.74) is 0. The van der Waals surface area contributed by atoms with E-state index in [0.29, 0.717) is 17.2 Å². The Kier molecular flexibility index (Phi) is 4.38. The fraction of sp³-hybridized carbons (Fsp3) is 1.00. The molecule has 1 saturated heterocycles. The molecule has 12 heavy (non-hydrogen) atoms. The number of halogens is 1. The molecule has 1 aliphatic heterocycles. The highest BCUT2D eigenvalue weighted by molar-refractivity contribution is 6.20. The van der Waals surface area contributed by atoms with Gasteiger partial charge in [0.25, 0.3) is 0 Å². The lowest BCUT2D eigenvalue weighted by molar-refractivity contribution is 0.0513. The van der Waals surface area contributed by atoms with E-state index in [-0.39, 0.29) is 0 Å². The van der Waals surface area contributed by atoms with Crippen LogP contribution in [0.1, 0.15) is 33.1 Å². The zero-order chi connectivity index (χ0) is 8.97. The number of alkyl halides is 1. The first kappa shape index (κ1) is 10.3. The topological polar surface area (TPSA) is 9.23 Å². The van der Waals surface area contributed by atoms with Crippen LogP contribution in [0.2, 0.25) is 0 Å². The second kappa shape index (κ2) is 5.08. The van der Waals surface area contributed by atoms with Crippen LogP contribution in [0.4, 0.5) is 0 Å². The van der Waals surface area contributed by atoms with Crippen LogP contribution in [0.5, 0.6) is 0 Å². The Labute approximate surface area is 80.4 Å².